The first-order chi connectivity index (χ1) is 20.3. The first kappa shape index (κ1) is 27.5. The largest absolute Gasteiger partial charge is 0.368 e. The average Bonchev–Trinajstić information content (AvgIpc) is 3.64. The summed E-state index contributed by atoms with van der Waals surface area (Å²) >= 11 is 0. The molecule has 1 fully saturated rings. The number of halogens is 1. The number of aryl methyl sites for hydroxylation is 1. The van der Waals surface area contributed by atoms with Crippen LogP contribution in [0.15, 0.2) is 67.1 Å². The Labute approximate surface area is 242 Å². The second-order valence-electron chi connectivity index (χ2n) is 10.9. The van der Waals surface area contributed by atoms with Crippen LogP contribution in [-0.2, 0) is 9.53 Å². The molecular formula is C31H33FN8O2. The topological polar surface area (TPSA) is 123 Å². The number of ether oxygens (including phenoxy) is 1. The highest BCUT2D eigenvalue weighted by atomic mass is 19.1. The molecule has 0 spiro atoms. The van der Waals surface area contributed by atoms with Crippen molar-refractivity contribution < 1.29 is 13.9 Å². The maximum absolute atomic E-state index is 13.6. The molecule has 1 aliphatic carbocycles. The molecule has 1 saturated carbocycles. The Hall–Kier alpha value is -4.64. The van der Waals surface area contributed by atoms with Crippen LogP contribution in [0.5, 0.6) is 0 Å². The van der Waals surface area contributed by atoms with Crippen LogP contribution in [0.2, 0.25) is 0 Å². The Morgan fingerprint density at radius 3 is 2.64 bits per heavy atom. The summed E-state index contributed by atoms with van der Waals surface area (Å²) in [5.41, 5.74) is 1.86. The van der Waals surface area contributed by atoms with E-state index in [2.05, 4.69) is 49.1 Å². The SMILES string of the molecule is CO[C@]1(C(=O)N[C@@H](C)c2ccc(-n3cc(F)cn3)nc2)CC[C@H](c2cc3ccccc3c(Nc3cc(C)[nH]n3)n2)CC1. The van der Waals surface area contributed by atoms with E-state index in [0.717, 1.165) is 58.4 Å². The molecule has 4 heterocycles. The highest BCUT2D eigenvalue weighted by Gasteiger charge is 2.43. The summed E-state index contributed by atoms with van der Waals surface area (Å²) in [4.78, 5) is 23.0. The predicted octanol–water partition coefficient (Wildman–Crippen LogP) is 5.65. The van der Waals surface area contributed by atoms with Gasteiger partial charge in [0, 0.05) is 42.1 Å². The molecule has 1 atom stereocenters. The van der Waals surface area contributed by atoms with Gasteiger partial charge in [-0.25, -0.2) is 19.0 Å². The van der Waals surface area contributed by atoms with Gasteiger partial charge in [-0.05, 0) is 62.6 Å². The number of amides is 1. The number of rotatable bonds is 8. The van der Waals surface area contributed by atoms with Crippen molar-refractivity contribution in [1.29, 1.82) is 0 Å². The lowest BCUT2D eigenvalue weighted by molar-refractivity contribution is -0.148. The first-order valence-corrected chi connectivity index (χ1v) is 14.0. The first-order valence-electron chi connectivity index (χ1n) is 14.0. The van der Waals surface area contributed by atoms with Crippen molar-refractivity contribution in [1.82, 2.24) is 35.3 Å². The zero-order valence-corrected chi connectivity index (χ0v) is 23.8. The highest BCUT2D eigenvalue weighted by Crippen LogP contribution is 2.41. The van der Waals surface area contributed by atoms with Crippen LogP contribution in [0.4, 0.5) is 16.0 Å². The van der Waals surface area contributed by atoms with Gasteiger partial charge in [0.25, 0.3) is 5.91 Å². The second-order valence-corrected chi connectivity index (χ2v) is 10.9. The molecule has 0 aliphatic heterocycles. The fourth-order valence-electron chi connectivity index (χ4n) is 5.66. The lowest BCUT2D eigenvalue weighted by Gasteiger charge is -2.38. The van der Waals surface area contributed by atoms with Crippen LogP contribution in [0.25, 0.3) is 16.6 Å². The molecule has 0 saturated heterocycles. The number of nitrogens with zero attached hydrogens (tertiary/aromatic N) is 5. The van der Waals surface area contributed by atoms with Crippen LogP contribution < -0.4 is 10.6 Å². The maximum atomic E-state index is 13.6. The minimum absolute atomic E-state index is 0.142. The third-order valence-corrected chi connectivity index (χ3v) is 8.13. The number of methoxy groups -OCH3 is 1. The number of pyridine rings is 2. The fourth-order valence-corrected chi connectivity index (χ4v) is 5.66. The molecule has 42 heavy (non-hydrogen) atoms. The minimum atomic E-state index is -0.921. The number of aromatic amines is 1. The number of hydrogen-bond donors (Lipinski definition) is 3. The summed E-state index contributed by atoms with van der Waals surface area (Å²) in [5.74, 6) is 1.59. The monoisotopic (exact) mass is 568 g/mol. The van der Waals surface area contributed by atoms with E-state index in [9.17, 15) is 9.18 Å². The molecule has 216 valence electrons. The van der Waals surface area contributed by atoms with E-state index in [0.29, 0.717) is 18.7 Å². The van der Waals surface area contributed by atoms with Crippen LogP contribution in [0.3, 0.4) is 0 Å². The van der Waals surface area contributed by atoms with E-state index in [-0.39, 0.29) is 17.9 Å². The van der Waals surface area contributed by atoms with Crippen LogP contribution in [-0.4, -0.2) is 48.6 Å². The van der Waals surface area contributed by atoms with Crippen molar-refractivity contribution in [2.24, 2.45) is 0 Å². The van der Waals surface area contributed by atoms with Crippen LogP contribution in [0, 0.1) is 12.7 Å². The third-order valence-electron chi connectivity index (χ3n) is 8.13. The van der Waals surface area contributed by atoms with Crippen molar-refractivity contribution in [3.05, 3.63) is 89.9 Å². The standard InChI is InChI=1S/C31H33FN8O2/c1-19-14-27(39-38-19)37-29-25-7-5-4-6-22(25)15-26(36-29)21-10-12-31(42-3,13-11-21)30(41)35-20(2)23-8-9-28(33-16-23)40-18-24(32)17-34-40/h4-9,14-18,20-21H,10-13H2,1-3H3,(H,35,41)(H2,36,37,38,39)/t20-,21-,31+/m0/s1. The molecule has 1 amide bonds. The second kappa shape index (κ2) is 11.3. The molecule has 1 aromatic carbocycles. The van der Waals surface area contributed by atoms with Gasteiger partial charge in [0.2, 0.25) is 0 Å². The zero-order chi connectivity index (χ0) is 29.3. The molecule has 10 nitrogen and oxygen atoms in total. The summed E-state index contributed by atoms with van der Waals surface area (Å²) in [6.45, 7) is 3.87. The van der Waals surface area contributed by atoms with E-state index in [4.69, 9.17) is 9.72 Å². The lowest BCUT2D eigenvalue weighted by atomic mass is 9.76. The van der Waals surface area contributed by atoms with Crippen LogP contribution in [0.1, 0.15) is 61.5 Å². The lowest BCUT2D eigenvalue weighted by Crippen LogP contribution is -2.50. The van der Waals surface area contributed by atoms with E-state index in [1.165, 1.54) is 10.9 Å². The quantitative estimate of drug-likeness (QED) is 0.221. The van der Waals surface area contributed by atoms with Gasteiger partial charge in [-0.3, -0.25) is 9.89 Å². The summed E-state index contributed by atoms with van der Waals surface area (Å²) < 4.78 is 20.6. The maximum Gasteiger partial charge on any atom is 0.252 e. The number of anilines is 2. The van der Waals surface area contributed by atoms with E-state index in [1.54, 1.807) is 19.4 Å². The van der Waals surface area contributed by atoms with Gasteiger partial charge >= 0.3 is 0 Å². The van der Waals surface area contributed by atoms with Crippen molar-refractivity contribution in [2.45, 2.75) is 57.1 Å². The van der Waals surface area contributed by atoms with Crippen molar-refractivity contribution in [2.75, 3.05) is 12.4 Å². The number of carbonyl (C=O) groups is 1. The number of H-pyrrole nitrogens is 1. The van der Waals surface area contributed by atoms with E-state index >= 15 is 0 Å². The van der Waals surface area contributed by atoms with Gasteiger partial charge in [0.15, 0.2) is 17.5 Å². The Kier molecular flexibility index (Phi) is 7.42. The molecular weight excluding hydrogens is 535 g/mol. The molecule has 0 unspecified atom stereocenters. The number of carbonyl (C=O) groups excluding carboxylic acids is 1. The van der Waals surface area contributed by atoms with Gasteiger partial charge in [-0.1, -0.05) is 30.3 Å². The van der Waals surface area contributed by atoms with Crippen molar-refractivity contribution in [3.63, 3.8) is 0 Å². The number of nitrogens with one attached hydrogen (secondary N) is 3. The summed E-state index contributed by atoms with van der Waals surface area (Å²) in [7, 11) is 1.60. The van der Waals surface area contributed by atoms with Crippen molar-refractivity contribution >= 4 is 28.3 Å². The number of fused-ring (bicyclic) bond motifs is 1. The van der Waals surface area contributed by atoms with Gasteiger partial charge in [-0.15, -0.1) is 0 Å². The molecule has 0 bridgehead atoms. The van der Waals surface area contributed by atoms with Gasteiger partial charge < -0.3 is 15.4 Å². The van der Waals surface area contributed by atoms with Crippen molar-refractivity contribution in [3.8, 4) is 5.82 Å². The van der Waals surface area contributed by atoms with E-state index < -0.39 is 11.4 Å². The summed E-state index contributed by atoms with van der Waals surface area (Å²) in [6, 6.07) is 15.6. The normalized spacial score (nSPS) is 19.5. The molecule has 6 rings (SSSR count). The highest BCUT2D eigenvalue weighted by molar-refractivity contribution is 5.93. The third kappa shape index (κ3) is 5.47. The Balaban J connectivity index is 1.14. The fraction of sp³-hybridized carbons (Fsp3) is 0.323. The molecule has 0 radical (unpaired) electrons. The molecule has 5 aromatic rings. The predicted molar refractivity (Wildman–Crippen MR) is 157 cm³/mol. The Morgan fingerprint density at radius 2 is 1.98 bits per heavy atom. The number of hydrogen-bond acceptors (Lipinski definition) is 7. The molecule has 1 aliphatic rings. The number of aromatic nitrogens is 6. The van der Waals surface area contributed by atoms with Gasteiger partial charge in [-0.2, -0.15) is 10.2 Å². The zero-order valence-electron chi connectivity index (χ0n) is 23.8. The Bertz CT molecular complexity index is 1710. The summed E-state index contributed by atoms with van der Waals surface area (Å²) in [5, 5.41) is 19.8. The van der Waals surface area contributed by atoms with Gasteiger partial charge in [0.1, 0.15) is 11.4 Å². The van der Waals surface area contributed by atoms with Crippen LogP contribution >= 0.6 is 0 Å². The summed E-state index contributed by atoms with van der Waals surface area (Å²) in [6.07, 6.45) is 6.73. The smallest absolute Gasteiger partial charge is 0.252 e. The average molecular weight is 569 g/mol. The molecule has 3 N–H and O–H groups in total. The molecule has 4 aromatic heterocycles. The minimum Gasteiger partial charge on any atom is -0.368 e. The number of benzene rings is 1. The van der Waals surface area contributed by atoms with Gasteiger partial charge in [0.05, 0.1) is 18.4 Å². The molecule has 11 heteroatoms. The van der Waals surface area contributed by atoms with E-state index in [1.807, 2.05) is 38.1 Å². The Morgan fingerprint density at radius 1 is 1.17 bits per heavy atom.